The number of rotatable bonds is 5. The molecule has 0 unspecified atom stereocenters. The van der Waals surface area contributed by atoms with Gasteiger partial charge in [0.25, 0.3) is 0 Å². The normalized spacial score (nSPS) is 13.0. The third kappa shape index (κ3) is 5.16. The van der Waals surface area contributed by atoms with Gasteiger partial charge in [-0.05, 0) is 103 Å². The lowest BCUT2D eigenvalue weighted by molar-refractivity contribution is 0.794. The molecule has 13 rings (SSSR count). The van der Waals surface area contributed by atoms with Crippen LogP contribution in [0, 0.1) is 0 Å². The Labute approximate surface area is 364 Å². The second kappa shape index (κ2) is 13.7. The highest BCUT2D eigenvalue weighted by Gasteiger charge is 2.51. The van der Waals surface area contributed by atoms with Crippen molar-refractivity contribution in [1.29, 1.82) is 0 Å². The van der Waals surface area contributed by atoms with Crippen molar-refractivity contribution in [3.8, 4) is 78.4 Å². The zero-order valence-corrected chi connectivity index (χ0v) is 34.4. The van der Waals surface area contributed by atoms with E-state index in [2.05, 4.69) is 194 Å². The van der Waals surface area contributed by atoms with Crippen LogP contribution in [0.25, 0.3) is 98.6 Å². The Hall–Kier alpha value is -7.72. The average molecular weight is 805 g/mol. The van der Waals surface area contributed by atoms with E-state index in [-0.39, 0.29) is 0 Å². The minimum absolute atomic E-state index is 0.442. The van der Waals surface area contributed by atoms with Crippen LogP contribution in [0.1, 0.15) is 22.3 Å². The van der Waals surface area contributed by atoms with Crippen molar-refractivity contribution in [1.82, 2.24) is 9.97 Å². The first-order valence-corrected chi connectivity index (χ1v) is 22.0. The number of nitrogens with zero attached hydrogens (tertiary/aromatic N) is 2. The lowest BCUT2D eigenvalue weighted by Crippen LogP contribution is -2.25. The molecule has 0 N–H and O–H groups in total. The summed E-state index contributed by atoms with van der Waals surface area (Å²) in [6.07, 6.45) is 0. The van der Waals surface area contributed by atoms with Gasteiger partial charge in [0.15, 0.2) is 5.82 Å². The predicted molar refractivity (Wildman–Crippen MR) is 258 cm³/mol. The molecule has 2 aliphatic carbocycles. The second-order valence-corrected chi connectivity index (χ2v) is 17.5. The number of fused-ring (bicyclic) bond motifs is 13. The number of hydrogen-bond acceptors (Lipinski definition) is 3. The molecule has 0 atom stereocenters. The van der Waals surface area contributed by atoms with E-state index < -0.39 is 5.41 Å². The van der Waals surface area contributed by atoms with Crippen LogP contribution >= 0.6 is 11.3 Å². The lowest BCUT2D eigenvalue weighted by Gasteiger charge is -2.31. The summed E-state index contributed by atoms with van der Waals surface area (Å²) in [4.78, 5) is 10.2. The molecule has 0 fully saturated rings. The third-order valence-corrected chi connectivity index (χ3v) is 14.3. The highest BCUT2D eigenvalue weighted by Crippen LogP contribution is 2.63. The van der Waals surface area contributed by atoms with Crippen LogP contribution < -0.4 is 0 Å². The number of hydrogen-bond donors (Lipinski definition) is 0. The third-order valence-electron chi connectivity index (χ3n) is 13.1. The van der Waals surface area contributed by atoms with Crippen molar-refractivity contribution in [3.05, 3.63) is 241 Å². The molecule has 62 heavy (non-hydrogen) atoms. The molecule has 11 aromatic rings. The summed E-state index contributed by atoms with van der Waals surface area (Å²) in [7, 11) is 0. The highest BCUT2D eigenvalue weighted by molar-refractivity contribution is 7.25. The standard InChI is InChI=1S/C59H36N2S/c1-3-15-38(16-4-1)54-36-55(61-58(60-54)40-17-5-2-6-18-40)39-29-27-37(28-30-39)47-35-53-48(34-46(47)41-31-32-57-49(33-41)45-22-10-14-26-56(45)62-57)44-21-9-13-25-52(44)59(53)50-23-11-7-19-42(50)43-20-8-12-24-51(43)59/h1-36H. The number of thiophene rings is 1. The molecule has 1 spiro atoms. The summed E-state index contributed by atoms with van der Waals surface area (Å²) in [6, 6.07) is 79.9. The molecule has 0 saturated carbocycles. The molecule has 288 valence electrons. The molecular weight excluding hydrogens is 769 g/mol. The van der Waals surface area contributed by atoms with Crippen LogP contribution in [-0.4, -0.2) is 9.97 Å². The second-order valence-electron chi connectivity index (χ2n) is 16.4. The molecule has 0 aliphatic heterocycles. The highest BCUT2D eigenvalue weighted by atomic mass is 32.1. The maximum atomic E-state index is 5.17. The summed E-state index contributed by atoms with van der Waals surface area (Å²) < 4.78 is 2.62. The fraction of sp³-hybridized carbons (Fsp3) is 0.0169. The van der Waals surface area contributed by atoms with Gasteiger partial charge in [-0.2, -0.15) is 0 Å². The van der Waals surface area contributed by atoms with Gasteiger partial charge in [-0.1, -0.05) is 182 Å². The zero-order valence-electron chi connectivity index (χ0n) is 33.6. The SMILES string of the molecule is c1ccc(-c2cc(-c3ccc(-c4cc5c(cc4-c4ccc6sc7ccccc7c6c4)-c4ccccc4C54c5ccccc5-c5ccccc54)cc3)nc(-c3ccccc3)n2)cc1. The molecular formula is C59H36N2S. The molecule has 2 nitrogen and oxygen atoms in total. The average Bonchev–Trinajstić information content (AvgIpc) is 3.98. The van der Waals surface area contributed by atoms with Crippen molar-refractivity contribution in [2.45, 2.75) is 5.41 Å². The molecule has 3 heteroatoms. The lowest BCUT2D eigenvalue weighted by atomic mass is 9.70. The minimum atomic E-state index is -0.442. The van der Waals surface area contributed by atoms with Crippen molar-refractivity contribution in [2.24, 2.45) is 0 Å². The van der Waals surface area contributed by atoms with Gasteiger partial charge in [-0.3, -0.25) is 0 Å². The van der Waals surface area contributed by atoms with Crippen molar-refractivity contribution in [2.75, 3.05) is 0 Å². The van der Waals surface area contributed by atoms with Gasteiger partial charge in [0.2, 0.25) is 0 Å². The molecule has 2 heterocycles. The molecule has 0 bridgehead atoms. The van der Waals surface area contributed by atoms with Gasteiger partial charge < -0.3 is 0 Å². The van der Waals surface area contributed by atoms with Gasteiger partial charge in [0, 0.05) is 36.9 Å². The first kappa shape index (κ1) is 35.1. The summed E-state index contributed by atoms with van der Waals surface area (Å²) in [6.45, 7) is 0. The van der Waals surface area contributed by atoms with E-state index >= 15 is 0 Å². The molecule has 9 aromatic carbocycles. The number of benzene rings is 9. The fourth-order valence-electron chi connectivity index (χ4n) is 10.4. The van der Waals surface area contributed by atoms with Crippen molar-refractivity contribution >= 4 is 31.5 Å². The summed E-state index contributed by atoms with van der Waals surface area (Å²) in [5.41, 5.74) is 19.8. The molecule has 0 amide bonds. The summed E-state index contributed by atoms with van der Waals surface area (Å²) >= 11 is 1.86. The Kier molecular flexibility index (Phi) is 7.72. The summed E-state index contributed by atoms with van der Waals surface area (Å²) in [5.74, 6) is 0.713. The van der Waals surface area contributed by atoms with Crippen molar-refractivity contribution in [3.63, 3.8) is 0 Å². The largest absolute Gasteiger partial charge is 0.228 e. The van der Waals surface area contributed by atoms with Crippen LogP contribution in [0.3, 0.4) is 0 Å². The maximum Gasteiger partial charge on any atom is 0.160 e. The smallest absolute Gasteiger partial charge is 0.160 e. The van der Waals surface area contributed by atoms with Gasteiger partial charge in [-0.25, -0.2) is 9.97 Å². The van der Waals surface area contributed by atoms with E-state index in [9.17, 15) is 0 Å². The fourth-order valence-corrected chi connectivity index (χ4v) is 11.5. The van der Waals surface area contributed by atoms with E-state index in [0.717, 1.165) is 33.6 Å². The van der Waals surface area contributed by atoms with Crippen LogP contribution in [0.2, 0.25) is 0 Å². The Balaban J connectivity index is 1.04. The van der Waals surface area contributed by atoms with Gasteiger partial charge in [0.1, 0.15) is 0 Å². The van der Waals surface area contributed by atoms with E-state index in [1.54, 1.807) is 0 Å². The number of aromatic nitrogens is 2. The first-order valence-electron chi connectivity index (χ1n) is 21.2. The Morgan fingerprint density at radius 3 is 1.44 bits per heavy atom. The van der Waals surface area contributed by atoms with E-state index in [1.807, 2.05) is 35.6 Å². The minimum Gasteiger partial charge on any atom is -0.228 e. The maximum absolute atomic E-state index is 5.17. The van der Waals surface area contributed by atoms with Gasteiger partial charge >= 0.3 is 0 Å². The monoisotopic (exact) mass is 804 g/mol. The predicted octanol–water partition coefficient (Wildman–Crippen LogP) is 15.5. The zero-order chi connectivity index (χ0) is 40.8. The van der Waals surface area contributed by atoms with Crippen LogP contribution in [0.4, 0.5) is 0 Å². The quantitative estimate of drug-likeness (QED) is 0.173. The van der Waals surface area contributed by atoms with Crippen molar-refractivity contribution < 1.29 is 0 Å². The molecule has 0 radical (unpaired) electrons. The molecule has 2 aromatic heterocycles. The van der Waals surface area contributed by atoms with E-state index in [0.29, 0.717) is 5.82 Å². The van der Waals surface area contributed by atoms with Gasteiger partial charge in [-0.15, -0.1) is 11.3 Å². The van der Waals surface area contributed by atoms with Gasteiger partial charge in [0.05, 0.1) is 16.8 Å². The van der Waals surface area contributed by atoms with E-state index in [4.69, 9.17) is 9.97 Å². The Bertz CT molecular complexity index is 3460. The Morgan fingerprint density at radius 1 is 0.290 bits per heavy atom. The topological polar surface area (TPSA) is 25.8 Å². The Morgan fingerprint density at radius 2 is 0.774 bits per heavy atom. The summed E-state index contributed by atoms with van der Waals surface area (Å²) in [5, 5.41) is 2.60. The van der Waals surface area contributed by atoms with Crippen LogP contribution in [0.5, 0.6) is 0 Å². The van der Waals surface area contributed by atoms with E-state index in [1.165, 1.54) is 81.4 Å². The molecule has 0 saturated heterocycles. The first-order chi connectivity index (χ1) is 30.7. The van der Waals surface area contributed by atoms with Crippen LogP contribution in [-0.2, 0) is 5.41 Å². The van der Waals surface area contributed by atoms with Crippen LogP contribution in [0.15, 0.2) is 218 Å². The molecule has 2 aliphatic rings.